The summed E-state index contributed by atoms with van der Waals surface area (Å²) in [6.45, 7) is 1.59. The first-order valence-corrected chi connectivity index (χ1v) is 5.20. The van der Waals surface area contributed by atoms with Gasteiger partial charge in [0.25, 0.3) is 0 Å². The first kappa shape index (κ1) is 10.5. The predicted octanol–water partition coefficient (Wildman–Crippen LogP) is -0.191. The number of hydrogen-bond donors (Lipinski definition) is 2. The fourth-order valence-corrected chi connectivity index (χ4v) is 1.58. The van der Waals surface area contributed by atoms with E-state index in [4.69, 9.17) is 5.11 Å². The van der Waals surface area contributed by atoms with Crippen LogP contribution in [0.5, 0.6) is 0 Å². The zero-order valence-electron chi connectivity index (χ0n) is 7.22. The molecule has 78 valence electrons. The molecule has 1 aromatic rings. The molecular weight excluding hydrogens is 212 g/mol. The molecule has 7 nitrogen and oxygen atoms in total. The van der Waals surface area contributed by atoms with Gasteiger partial charge in [0.05, 0.1) is 0 Å². The Labute approximate surface area is 79.8 Å². The van der Waals surface area contributed by atoms with Gasteiger partial charge in [0, 0.05) is 6.07 Å². The quantitative estimate of drug-likeness (QED) is 0.727. The molecule has 1 heterocycles. The maximum Gasteiger partial charge on any atom is 0.320 e. The number of nitrogens with one attached hydrogen (secondary N) is 1. The highest BCUT2D eigenvalue weighted by molar-refractivity contribution is 7.93. The highest BCUT2D eigenvalue weighted by Crippen LogP contribution is 2.08. The van der Waals surface area contributed by atoms with Crippen molar-refractivity contribution in [1.82, 2.24) is 5.16 Å². The Hall–Kier alpha value is -1.57. The number of rotatable bonds is 4. The van der Waals surface area contributed by atoms with Crippen molar-refractivity contribution in [2.75, 3.05) is 10.5 Å². The van der Waals surface area contributed by atoms with Gasteiger partial charge in [0.15, 0.2) is 11.6 Å². The Bertz CT molecular complexity index is 435. The minimum atomic E-state index is -3.89. The summed E-state index contributed by atoms with van der Waals surface area (Å²) in [4.78, 5) is 10.1. The van der Waals surface area contributed by atoms with Crippen molar-refractivity contribution >= 4 is 21.8 Å². The molecule has 0 atom stereocenters. The first-order chi connectivity index (χ1) is 6.39. The van der Waals surface area contributed by atoms with Crippen LogP contribution in [-0.4, -0.2) is 30.4 Å². The van der Waals surface area contributed by atoms with Crippen LogP contribution in [0.2, 0.25) is 0 Å². The lowest BCUT2D eigenvalue weighted by atomic mass is 10.5. The number of nitrogens with zero attached hydrogens (tertiary/aromatic N) is 1. The van der Waals surface area contributed by atoms with Crippen LogP contribution in [0.1, 0.15) is 5.76 Å². The summed E-state index contributed by atoms with van der Waals surface area (Å²) in [6.07, 6.45) is 0. The summed E-state index contributed by atoms with van der Waals surface area (Å²) in [6, 6.07) is 1.35. The molecule has 8 heteroatoms. The van der Waals surface area contributed by atoms with Gasteiger partial charge in [-0.25, -0.2) is 8.42 Å². The normalized spacial score (nSPS) is 11.2. The first-order valence-electron chi connectivity index (χ1n) is 3.55. The maximum atomic E-state index is 11.0. The van der Waals surface area contributed by atoms with E-state index in [0.717, 1.165) is 0 Å². The lowest BCUT2D eigenvalue weighted by Gasteiger charge is -1.99. The number of carboxylic acids is 1. The minimum absolute atomic E-state index is 0.0243. The van der Waals surface area contributed by atoms with Crippen molar-refractivity contribution in [2.24, 2.45) is 0 Å². The van der Waals surface area contributed by atoms with Crippen molar-refractivity contribution in [1.29, 1.82) is 0 Å². The van der Waals surface area contributed by atoms with Crippen molar-refractivity contribution in [3.63, 3.8) is 0 Å². The standard InChI is InChI=1S/C6H8N2O5S/c1-4-2-5(7-13-4)8-14(11,12)3-6(9)10/h2H,3H2,1H3,(H,7,8)(H,9,10). The Morgan fingerprint density at radius 1 is 1.71 bits per heavy atom. The van der Waals surface area contributed by atoms with Crippen LogP contribution in [0.3, 0.4) is 0 Å². The summed E-state index contributed by atoms with van der Waals surface area (Å²) < 4.78 is 28.6. The molecule has 0 fully saturated rings. The minimum Gasteiger partial charge on any atom is -0.480 e. The van der Waals surface area contributed by atoms with E-state index in [1.54, 1.807) is 6.92 Å². The molecule has 0 aromatic carbocycles. The van der Waals surface area contributed by atoms with Gasteiger partial charge in [0.2, 0.25) is 10.0 Å². The van der Waals surface area contributed by atoms with Crippen LogP contribution in [0.4, 0.5) is 5.82 Å². The van der Waals surface area contributed by atoms with Gasteiger partial charge in [-0.15, -0.1) is 0 Å². The molecule has 0 saturated heterocycles. The Kier molecular flexibility index (Phi) is 2.75. The molecular formula is C6H8N2O5S. The lowest BCUT2D eigenvalue weighted by molar-refractivity contribution is -0.134. The van der Waals surface area contributed by atoms with Gasteiger partial charge in [-0.1, -0.05) is 5.16 Å². The SMILES string of the molecule is Cc1cc(NS(=O)(=O)CC(=O)O)no1. The van der Waals surface area contributed by atoms with Crippen molar-refractivity contribution in [3.05, 3.63) is 11.8 Å². The van der Waals surface area contributed by atoms with Gasteiger partial charge in [-0.05, 0) is 6.92 Å². The number of aryl methyl sites for hydroxylation is 1. The fraction of sp³-hybridized carbons (Fsp3) is 0.333. The van der Waals surface area contributed by atoms with Crippen LogP contribution >= 0.6 is 0 Å². The fourth-order valence-electron chi connectivity index (χ4n) is 0.772. The second-order valence-electron chi connectivity index (χ2n) is 2.58. The monoisotopic (exact) mass is 220 g/mol. The summed E-state index contributed by atoms with van der Waals surface area (Å²) in [5.74, 6) is -2.03. The van der Waals surface area contributed by atoms with E-state index >= 15 is 0 Å². The summed E-state index contributed by atoms with van der Waals surface area (Å²) >= 11 is 0. The summed E-state index contributed by atoms with van der Waals surface area (Å²) in [5.41, 5.74) is 0. The van der Waals surface area contributed by atoms with Crippen LogP contribution in [0.15, 0.2) is 10.6 Å². The molecule has 2 N–H and O–H groups in total. The van der Waals surface area contributed by atoms with E-state index in [1.165, 1.54) is 6.07 Å². The molecule has 0 bridgehead atoms. The maximum absolute atomic E-state index is 11.0. The highest BCUT2D eigenvalue weighted by Gasteiger charge is 2.16. The average Bonchev–Trinajstić information content (AvgIpc) is 2.30. The summed E-state index contributed by atoms with van der Waals surface area (Å²) in [7, 11) is -3.89. The van der Waals surface area contributed by atoms with Crippen molar-refractivity contribution in [3.8, 4) is 0 Å². The van der Waals surface area contributed by atoms with E-state index in [-0.39, 0.29) is 5.82 Å². The predicted molar refractivity (Wildman–Crippen MR) is 46.3 cm³/mol. The number of aliphatic carboxylic acids is 1. The third-order valence-corrected chi connectivity index (χ3v) is 2.35. The summed E-state index contributed by atoms with van der Waals surface area (Å²) in [5, 5.41) is 11.6. The molecule has 0 aliphatic rings. The smallest absolute Gasteiger partial charge is 0.320 e. The third kappa shape index (κ3) is 3.05. The van der Waals surface area contributed by atoms with Gasteiger partial charge < -0.3 is 9.63 Å². The van der Waals surface area contributed by atoms with E-state index in [1.807, 2.05) is 4.72 Å². The Morgan fingerprint density at radius 2 is 2.36 bits per heavy atom. The number of hydrogen-bond acceptors (Lipinski definition) is 5. The zero-order valence-corrected chi connectivity index (χ0v) is 8.04. The molecule has 0 aliphatic carbocycles. The van der Waals surface area contributed by atoms with Crippen LogP contribution in [-0.2, 0) is 14.8 Å². The Balaban J connectivity index is 2.73. The molecule has 1 aromatic heterocycles. The second kappa shape index (κ2) is 3.66. The molecule has 1 rings (SSSR count). The average molecular weight is 220 g/mol. The van der Waals surface area contributed by atoms with Gasteiger partial charge in [-0.2, -0.15) is 0 Å². The molecule has 14 heavy (non-hydrogen) atoms. The second-order valence-corrected chi connectivity index (χ2v) is 4.30. The van der Waals surface area contributed by atoms with Gasteiger partial charge >= 0.3 is 5.97 Å². The van der Waals surface area contributed by atoms with Gasteiger partial charge in [-0.3, -0.25) is 9.52 Å². The molecule has 0 spiro atoms. The Morgan fingerprint density at radius 3 is 2.79 bits per heavy atom. The largest absolute Gasteiger partial charge is 0.480 e. The molecule has 0 saturated carbocycles. The van der Waals surface area contributed by atoms with Crippen LogP contribution in [0, 0.1) is 6.92 Å². The highest BCUT2D eigenvalue weighted by atomic mass is 32.2. The number of carboxylic acid groups (broad SMARTS) is 1. The van der Waals surface area contributed by atoms with E-state index in [2.05, 4.69) is 9.68 Å². The number of anilines is 1. The number of sulfonamides is 1. The van der Waals surface area contributed by atoms with E-state index < -0.39 is 21.7 Å². The number of carbonyl (C=O) groups is 1. The van der Waals surface area contributed by atoms with Crippen LogP contribution in [0.25, 0.3) is 0 Å². The van der Waals surface area contributed by atoms with Crippen LogP contribution < -0.4 is 4.72 Å². The topological polar surface area (TPSA) is 110 Å². The molecule has 0 radical (unpaired) electrons. The van der Waals surface area contributed by atoms with E-state index in [0.29, 0.717) is 5.76 Å². The van der Waals surface area contributed by atoms with Crippen molar-refractivity contribution in [2.45, 2.75) is 6.92 Å². The van der Waals surface area contributed by atoms with Gasteiger partial charge in [0.1, 0.15) is 5.76 Å². The zero-order chi connectivity index (χ0) is 10.8. The lowest BCUT2D eigenvalue weighted by Crippen LogP contribution is -2.22. The number of aromatic nitrogens is 1. The molecule has 0 unspecified atom stereocenters. The van der Waals surface area contributed by atoms with Crippen molar-refractivity contribution < 1.29 is 22.8 Å². The van der Waals surface area contributed by atoms with E-state index in [9.17, 15) is 13.2 Å². The molecule has 0 aliphatic heterocycles. The third-order valence-electron chi connectivity index (χ3n) is 1.20. The molecule has 0 amide bonds.